The Kier molecular flexibility index (Phi) is 4.53. The molecule has 92 valence electrons. The van der Waals surface area contributed by atoms with Crippen LogP contribution in [0.15, 0.2) is 0 Å². The maximum absolute atomic E-state index is 12.0. The third kappa shape index (κ3) is 3.39. The van der Waals surface area contributed by atoms with Gasteiger partial charge in [-0.15, -0.1) is 0 Å². The Hall–Kier alpha value is -0.220. The van der Waals surface area contributed by atoms with E-state index in [1.807, 2.05) is 11.8 Å². The Morgan fingerprint density at radius 3 is 2.62 bits per heavy atom. The second-order valence-electron chi connectivity index (χ2n) is 5.02. The first-order valence-corrected chi connectivity index (χ1v) is 7.55. The van der Waals surface area contributed by atoms with Crippen LogP contribution in [-0.2, 0) is 4.79 Å². The molecule has 2 unspecified atom stereocenters. The average Bonchev–Trinajstić information content (AvgIpc) is 2.30. The summed E-state index contributed by atoms with van der Waals surface area (Å²) in [5, 5.41) is 3.20. The predicted octanol–water partition coefficient (Wildman–Crippen LogP) is 1.52. The van der Waals surface area contributed by atoms with Crippen molar-refractivity contribution in [3.05, 3.63) is 0 Å². The molecule has 4 heteroatoms. The quantitative estimate of drug-likeness (QED) is 0.772. The first-order valence-electron chi connectivity index (χ1n) is 6.39. The van der Waals surface area contributed by atoms with Gasteiger partial charge in [0.2, 0.25) is 5.91 Å². The summed E-state index contributed by atoms with van der Waals surface area (Å²) in [5.41, 5.74) is 5.91. The van der Waals surface area contributed by atoms with Gasteiger partial charge in [-0.25, -0.2) is 0 Å². The molecular weight excluding hydrogens is 220 g/mol. The van der Waals surface area contributed by atoms with E-state index in [0.29, 0.717) is 6.04 Å². The number of amides is 1. The molecule has 1 heterocycles. The molecule has 0 spiro atoms. The van der Waals surface area contributed by atoms with E-state index in [4.69, 9.17) is 5.73 Å². The number of hydrogen-bond acceptors (Lipinski definition) is 3. The number of carbonyl (C=O) groups is 1. The van der Waals surface area contributed by atoms with Crippen molar-refractivity contribution in [1.29, 1.82) is 0 Å². The second-order valence-corrected chi connectivity index (χ2v) is 6.24. The lowest BCUT2D eigenvalue weighted by molar-refractivity contribution is -0.126. The third-order valence-corrected chi connectivity index (χ3v) is 4.70. The molecule has 16 heavy (non-hydrogen) atoms. The largest absolute Gasteiger partial charge is 0.353 e. The highest BCUT2D eigenvalue weighted by atomic mass is 32.2. The second kappa shape index (κ2) is 5.92. The average molecular weight is 242 g/mol. The summed E-state index contributed by atoms with van der Waals surface area (Å²) in [4.78, 5) is 12.0. The van der Waals surface area contributed by atoms with Crippen LogP contribution in [0.5, 0.6) is 0 Å². The Labute approximate surface area is 102 Å². The fourth-order valence-electron chi connectivity index (χ4n) is 2.63. The van der Waals surface area contributed by atoms with E-state index in [9.17, 15) is 4.79 Å². The van der Waals surface area contributed by atoms with Crippen molar-refractivity contribution in [3.8, 4) is 0 Å². The molecule has 0 aromatic heterocycles. The fourth-order valence-corrected chi connectivity index (χ4v) is 3.73. The molecule has 3 nitrogen and oxygen atoms in total. The van der Waals surface area contributed by atoms with Gasteiger partial charge in [0.05, 0.1) is 0 Å². The normalized spacial score (nSPS) is 32.3. The van der Waals surface area contributed by atoms with Gasteiger partial charge >= 0.3 is 0 Å². The molecule has 0 aromatic rings. The topological polar surface area (TPSA) is 55.1 Å². The molecule has 1 aliphatic carbocycles. The molecule has 1 amide bonds. The highest BCUT2D eigenvalue weighted by Gasteiger charge is 2.27. The molecule has 1 saturated heterocycles. The van der Waals surface area contributed by atoms with E-state index in [0.717, 1.165) is 38.5 Å². The van der Waals surface area contributed by atoms with Crippen molar-refractivity contribution < 1.29 is 4.79 Å². The first-order chi connectivity index (χ1) is 7.75. The number of carbonyl (C=O) groups excluding carboxylic acids is 1. The van der Waals surface area contributed by atoms with E-state index in [2.05, 4.69) is 5.32 Å². The van der Waals surface area contributed by atoms with Gasteiger partial charge in [-0.05, 0) is 43.6 Å². The molecule has 0 radical (unpaired) electrons. The highest BCUT2D eigenvalue weighted by Crippen LogP contribution is 2.24. The number of hydrogen-bond donors (Lipinski definition) is 2. The van der Waals surface area contributed by atoms with E-state index in [1.54, 1.807) is 0 Å². The van der Waals surface area contributed by atoms with Gasteiger partial charge in [0.1, 0.15) is 0 Å². The van der Waals surface area contributed by atoms with Crippen molar-refractivity contribution in [3.63, 3.8) is 0 Å². The van der Waals surface area contributed by atoms with Crippen LogP contribution < -0.4 is 11.1 Å². The smallest absolute Gasteiger partial charge is 0.223 e. The van der Waals surface area contributed by atoms with Crippen LogP contribution in [0.3, 0.4) is 0 Å². The number of thioether (sulfide) groups is 1. The first kappa shape index (κ1) is 12.2. The van der Waals surface area contributed by atoms with Crippen molar-refractivity contribution in [2.45, 2.75) is 50.6 Å². The fraction of sp³-hybridized carbons (Fsp3) is 0.917. The minimum Gasteiger partial charge on any atom is -0.353 e. The Morgan fingerprint density at radius 1 is 1.19 bits per heavy atom. The maximum Gasteiger partial charge on any atom is 0.223 e. The molecule has 1 aliphatic heterocycles. The van der Waals surface area contributed by atoms with Crippen LogP contribution in [0.1, 0.15) is 38.5 Å². The van der Waals surface area contributed by atoms with Crippen molar-refractivity contribution in [2.75, 3.05) is 11.5 Å². The zero-order chi connectivity index (χ0) is 11.4. The van der Waals surface area contributed by atoms with Crippen LogP contribution >= 0.6 is 11.8 Å². The summed E-state index contributed by atoms with van der Waals surface area (Å²) in [5.74, 6) is 2.81. The Bertz CT molecular complexity index is 241. The van der Waals surface area contributed by atoms with Crippen LogP contribution in [0.4, 0.5) is 0 Å². The molecule has 2 aliphatic rings. The van der Waals surface area contributed by atoms with Gasteiger partial charge < -0.3 is 11.1 Å². The number of rotatable bonds is 2. The summed E-state index contributed by atoms with van der Waals surface area (Å²) in [6.07, 6.45) is 6.38. The van der Waals surface area contributed by atoms with Gasteiger partial charge in [0.15, 0.2) is 0 Å². The van der Waals surface area contributed by atoms with Gasteiger partial charge in [-0.2, -0.15) is 11.8 Å². The minimum atomic E-state index is 0.179. The van der Waals surface area contributed by atoms with Crippen LogP contribution in [0.2, 0.25) is 0 Å². The molecule has 2 atom stereocenters. The molecule has 2 fully saturated rings. The van der Waals surface area contributed by atoms with Gasteiger partial charge in [0, 0.05) is 18.0 Å². The number of nitrogens with one attached hydrogen (secondary N) is 1. The van der Waals surface area contributed by atoms with Gasteiger partial charge in [-0.3, -0.25) is 4.79 Å². The number of nitrogens with two attached hydrogens (primary N) is 1. The maximum atomic E-state index is 12.0. The molecule has 2 rings (SSSR count). The lowest BCUT2D eigenvalue weighted by Crippen LogP contribution is -2.43. The minimum absolute atomic E-state index is 0.179. The Morgan fingerprint density at radius 2 is 1.94 bits per heavy atom. The Balaban J connectivity index is 1.77. The molecule has 3 N–H and O–H groups in total. The zero-order valence-electron chi connectivity index (χ0n) is 9.78. The van der Waals surface area contributed by atoms with E-state index in [-0.39, 0.29) is 17.9 Å². The van der Waals surface area contributed by atoms with E-state index >= 15 is 0 Å². The zero-order valence-corrected chi connectivity index (χ0v) is 10.6. The summed E-state index contributed by atoms with van der Waals surface area (Å²) in [6.45, 7) is 0. The van der Waals surface area contributed by atoms with E-state index in [1.165, 1.54) is 11.5 Å². The predicted molar refractivity (Wildman–Crippen MR) is 68.4 cm³/mol. The van der Waals surface area contributed by atoms with Gasteiger partial charge in [0.25, 0.3) is 0 Å². The molecular formula is C12H22N2OS. The lowest BCUT2D eigenvalue weighted by Gasteiger charge is -2.29. The molecule has 0 bridgehead atoms. The lowest BCUT2D eigenvalue weighted by atomic mass is 9.85. The summed E-state index contributed by atoms with van der Waals surface area (Å²) in [6, 6.07) is 0.665. The molecule has 1 saturated carbocycles. The van der Waals surface area contributed by atoms with Crippen LogP contribution in [0, 0.1) is 5.92 Å². The van der Waals surface area contributed by atoms with Crippen molar-refractivity contribution in [2.24, 2.45) is 11.7 Å². The van der Waals surface area contributed by atoms with Gasteiger partial charge in [-0.1, -0.05) is 6.42 Å². The van der Waals surface area contributed by atoms with E-state index < -0.39 is 0 Å². The summed E-state index contributed by atoms with van der Waals surface area (Å²) < 4.78 is 0. The SMILES string of the molecule is NC1CCCC(C(=O)NC2CCSCC2)C1. The molecule has 0 aromatic carbocycles. The summed E-state index contributed by atoms with van der Waals surface area (Å²) in [7, 11) is 0. The van der Waals surface area contributed by atoms with Crippen molar-refractivity contribution in [1.82, 2.24) is 5.32 Å². The van der Waals surface area contributed by atoms with Crippen LogP contribution in [-0.4, -0.2) is 29.5 Å². The van der Waals surface area contributed by atoms with Crippen LogP contribution in [0.25, 0.3) is 0 Å². The monoisotopic (exact) mass is 242 g/mol. The summed E-state index contributed by atoms with van der Waals surface area (Å²) >= 11 is 1.99. The van der Waals surface area contributed by atoms with Crippen molar-refractivity contribution >= 4 is 17.7 Å². The standard InChI is InChI=1S/C12H22N2OS/c13-10-3-1-2-9(8-10)12(15)14-11-4-6-16-7-5-11/h9-11H,1-8,13H2,(H,14,15). The third-order valence-electron chi connectivity index (χ3n) is 3.65. The highest BCUT2D eigenvalue weighted by molar-refractivity contribution is 7.99.